The molecule has 0 spiro atoms. The summed E-state index contributed by atoms with van der Waals surface area (Å²) in [5.74, 6) is 1.27. The molecule has 4 aromatic rings. The van der Waals surface area contributed by atoms with Crippen LogP contribution in [0.2, 0.25) is 0 Å². The van der Waals surface area contributed by atoms with Crippen LogP contribution < -0.4 is 19.5 Å². The number of phenolic OH excluding ortho intramolecular Hbond substituents is 1. The van der Waals surface area contributed by atoms with E-state index in [1.54, 1.807) is 42.5 Å². The lowest BCUT2D eigenvalue weighted by Gasteiger charge is -2.13. The van der Waals surface area contributed by atoms with Crippen molar-refractivity contribution < 1.29 is 28.9 Å². The number of aromatic nitrogens is 1. The van der Waals surface area contributed by atoms with Crippen molar-refractivity contribution in [2.24, 2.45) is 0 Å². The molecule has 2 N–H and O–H groups in total. The summed E-state index contributed by atoms with van der Waals surface area (Å²) in [4.78, 5) is 30.4. The van der Waals surface area contributed by atoms with Crippen LogP contribution in [0.25, 0.3) is 22.4 Å². The maximum Gasteiger partial charge on any atom is 0.225 e. The Kier molecular flexibility index (Phi) is 9.35. The van der Waals surface area contributed by atoms with Crippen LogP contribution in [0.15, 0.2) is 78.9 Å². The number of methoxy groups -OCH3 is 1. The zero-order valence-corrected chi connectivity index (χ0v) is 22.8. The molecule has 0 atom stereocenters. The maximum absolute atomic E-state index is 12.9. The number of carbonyl (C=O) groups excluding carboxylic acids is 2. The van der Waals surface area contributed by atoms with Gasteiger partial charge in [-0.15, -0.1) is 0 Å². The number of hydrogen-bond acceptors (Lipinski definition) is 7. The molecule has 0 aliphatic heterocycles. The summed E-state index contributed by atoms with van der Waals surface area (Å²) >= 11 is 0. The fourth-order valence-corrected chi connectivity index (χ4v) is 4.18. The molecule has 4 rings (SSSR count). The second kappa shape index (κ2) is 13.3. The van der Waals surface area contributed by atoms with E-state index in [1.807, 2.05) is 50.2 Å². The largest absolute Gasteiger partial charge is 0.504 e. The second-order valence-corrected chi connectivity index (χ2v) is 8.88. The van der Waals surface area contributed by atoms with Crippen molar-refractivity contribution in [3.05, 3.63) is 84.4 Å². The highest BCUT2D eigenvalue weighted by Gasteiger charge is 2.15. The number of nitrogens with zero attached hydrogens (tertiary/aromatic N) is 1. The highest BCUT2D eigenvalue weighted by molar-refractivity contribution is 6.00. The van der Waals surface area contributed by atoms with E-state index in [2.05, 4.69) is 10.3 Å². The summed E-state index contributed by atoms with van der Waals surface area (Å²) in [5.41, 5.74) is 3.54. The molecule has 0 saturated carbocycles. The third kappa shape index (κ3) is 6.96. The minimum absolute atomic E-state index is 0.0182. The number of amides is 1. The van der Waals surface area contributed by atoms with Crippen molar-refractivity contribution in [3.63, 3.8) is 0 Å². The number of rotatable bonds is 12. The Balaban J connectivity index is 1.53. The van der Waals surface area contributed by atoms with E-state index in [4.69, 9.17) is 14.2 Å². The van der Waals surface area contributed by atoms with E-state index in [9.17, 15) is 14.7 Å². The molecule has 0 radical (unpaired) electrons. The van der Waals surface area contributed by atoms with Gasteiger partial charge in [0.05, 0.1) is 26.0 Å². The molecule has 206 valence electrons. The molecule has 1 aromatic heterocycles. The lowest BCUT2D eigenvalue weighted by molar-refractivity contribution is -0.116. The number of nitrogens with one attached hydrogen (secondary N) is 1. The minimum Gasteiger partial charge on any atom is -0.504 e. The molecule has 0 aliphatic rings. The zero-order valence-electron chi connectivity index (χ0n) is 22.8. The van der Waals surface area contributed by atoms with Gasteiger partial charge in [-0.1, -0.05) is 36.4 Å². The Bertz CT molecular complexity index is 1490. The van der Waals surface area contributed by atoms with E-state index in [0.29, 0.717) is 47.5 Å². The smallest absolute Gasteiger partial charge is 0.225 e. The Morgan fingerprint density at radius 3 is 2.25 bits per heavy atom. The number of anilines is 1. The first-order valence-electron chi connectivity index (χ1n) is 13.1. The van der Waals surface area contributed by atoms with E-state index >= 15 is 0 Å². The molecule has 0 bridgehead atoms. The molecule has 1 heterocycles. The van der Waals surface area contributed by atoms with Crippen LogP contribution in [0, 0.1) is 0 Å². The molecule has 40 heavy (non-hydrogen) atoms. The van der Waals surface area contributed by atoms with Crippen molar-refractivity contribution in [1.29, 1.82) is 0 Å². The first kappa shape index (κ1) is 28.2. The highest BCUT2D eigenvalue weighted by atomic mass is 16.5. The van der Waals surface area contributed by atoms with Crippen molar-refractivity contribution in [3.8, 4) is 45.4 Å². The molecular weight excluding hydrogens is 508 g/mol. The Labute approximate surface area is 233 Å². The summed E-state index contributed by atoms with van der Waals surface area (Å²) in [6.07, 6.45) is 0.00139. The number of phenols is 1. The van der Waals surface area contributed by atoms with Crippen molar-refractivity contribution in [2.75, 3.05) is 25.6 Å². The molecule has 0 fully saturated rings. The van der Waals surface area contributed by atoms with Crippen molar-refractivity contribution in [2.45, 2.75) is 26.7 Å². The molecule has 0 aliphatic carbocycles. The number of pyridine rings is 1. The normalized spacial score (nSPS) is 10.6. The zero-order chi connectivity index (χ0) is 28.5. The molecule has 8 heteroatoms. The Morgan fingerprint density at radius 1 is 0.775 bits per heavy atom. The molecule has 8 nitrogen and oxygen atoms in total. The third-order valence-corrected chi connectivity index (χ3v) is 6.12. The predicted molar refractivity (Wildman–Crippen MR) is 154 cm³/mol. The standard InChI is InChI=1S/C32H32N2O6/c1-4-39-28-15-12-23(19-30(28)40-5-2)26(35)14-16-32(37)34-31-20-24(22-11-13-27(36)29(18-22)38-3)17-25(33-31)21-9-7-6-8-10-21/h6-13,15,17-20,36H,4-5,14,16H2,1-3H3,(H,33,34,37). The first-order chi connectivity index (χ1) is 19.4. The summed E-state index contributed by atoms with van der Waals surface area (Å²) in [5, 5.41) is 12.9. The van der Waals surface area contributed by atoms with Crippen LogP contribution in [0.3, 0.4) is 0 Å². The van der Waals surface area contributed by atoms with Crippen LogP contribution in [0.1, 0.15) is 37.0 Å². The van der Waals surface area contributed by atoms with Gasteiger partial charge in [-0.2, -0.15) is 0 Å². The van der Waals surface area contributed by atoms with Crippen LogP contribution in [-0.2, 0) is 4.79 Å². The van der Waals surface area contributed by atoms with Crippen LogP contribution in [0.4, 0.5) is 5.82 Å². The number of ether oxygens (including phenoxy) is 3. The van der Waals surface area contributed by atoms with Gasteiger partial charge in [0.1, 0.15) is 5.82 Å². The first-order valence-corrected chi connectivity index (χ1v) is 13.1. The molecular formula is C32H32N2O6. The van der Waals surface area contributed by atoms with Gasteiger partial charge in [-0.25, -0.2) is 4.98 Å². The number of aromatic hydroxyl groups is 1. The van der Waals surface area contributed by atoms with Crippen molar-refractivity contribution >= 4 is 17.5 Å². The number of ketones is 1. The predicted octanol–water partition coefficient (Wildman–Crippen LogP) is 6.53. The van der Waals surface area contributed by atoms with E-state index < -0.39 is 0 Å². The van der Waals surface area contributed by atoms with Crippen molar-refractivity contribution in [1.82, 2.24) is 4.98 Å². The quantitative estimate of drug-likeness (QED) is 0.197. The minimum atomic E-state index is -0.337. The summed E-state index contributed by atoms with van der Waals surface area (Å²) in [6, 6.07) is 23.3. The average molecular weight is 541 g/mol. The monoisotopic (exact) mass is 540 g/mol. The topological polar surface area (TPSA) is 107 Å². The number of hydrogen-bond donors (Lipinski definition) is 2. The Morgan fingerprint density at radius 2 is 1.52 bits per heavy atom. The molecule has 0 saturated heterocycles. The average Bonchev–Trinajstić information content (AvgIpc) is 2.97. The van der Waals surface area contributed by atoms with E-state index in [-0.39, 0.29) is 30.3 Å². The van der Waals surface area contributed by atoms with Gasteiger partial charge >= 0.3 is 0 Å². The summed E-state index contributed by atoms with van der Waals surface area (Å²) in [7, 11) is 1.48. The molecule has 1 amide bonds. The third-order valence-electron chi connectivity index (χ3n) is 6.12. The fourth-order valence-electron chi connectivity index (χ4n) is 4.18. The van der Waals surface area contributed by atoms with Gasteiger partial charge in [0, 0.05) is 24.0 Å². The van der Waals surface area contributed by atoms with Crippen LogP contribution >= 0.6 is 0 Å². The van der Waals surface area contributed by atoms with Gasteiger partial charge in [0.25, 0.3) is 0 Å². The number of Topliss-reactive ketones (excluding diaryl/α,β-unsaturated/α-hetero) is 1. The van der Waals surface area contributed by atoms with Gasteiger partial charge in [0.15, 0.2) is 28.8 Å². The Hall–Kier alpha value is -4.85. The summed E-state index contributed by atoms with van der Waals surface area (Å²) < 4.78 is 16.4. The van der Waals surface area contributed by atoms with Crippen LogP contribution in [0.5, 0.6) is 23.0 Å². The SMILES string of the molecule is CCOc1ccc(C(=O)CCC(=O)Nc2cc(-c3ccc(O)c(OC)c3)cc(-c3ccccc3)n2)cc1OCC. The number of benzene rings is 3. The van der Waals surface area contributed by atoms with E-state index in [1.165, 1.54) is 7.11 Å². The lowest BCUT2D eigenvalue weighted by atomic mass is 10.0. The fraction of sp³-hybridized carbons (Fsp3) is 0.219. The van der Waals surface area contributed by atoms with Gasteiger partial charge < -0.3 is 24.6 Å². The van der Waals surface area contributed by atoms with E-state index in [0.717, 1.165) is 16.7 Å². The van der Waals surface area contributed by atoms with Gasteiger partial charge in [-0.05, 0) is 67.4 Å². The van der Waals surface area contributed by atoms with Crippen LogP contribution in [-0.4, -0.2) is 42.1 Å². The molecule has 3 aromatic carbocycles. The highest BCUT2D eigenvalue weighted by Crippen LogP contribution is 2.34. The maximum atomic E-state index is 12.9. The van der Waals surface area contributed by atoms with Gasteiger partial charge in [-0.3, -0.25) is 9.59 Å². The lowest BCUT2D eigenvalue weighted by Crippen LogP contribution is -2.15. The number of carbonyl (C=O) groups is 2. The summed E-state index contributed by atoms with van der Waals surface area (Å²) in [6.45, 7) is 4.66. The second-order valence-electron chi connectivity index (χ2n) is 8.88. The van der Waals surface area contributed by atoms with Gasteiger partial charge in [0.2, 0.25) is 5.91 Å². The molecule has 0 unspecified atom stereocenters.